The summed E-state index contributed by atoms with van der Waals surface area (Å²) in [6.07, 6.45) is 1.86. The van der Waals surface area contributed by atoms with Gasteiger partial charge in [-0.2, -0.15) is 0 Å². The molecular formula is C19H19NO4. The number of nitrogens with one attached hydrogen (secondary N) is 1. The van der Waals surface area contributed by atoms with Crippen molar-refractivity contribution in [1.29, 1.82) is 0 Å². The summed E-state index contributed by atoms with van der Waals surface area (Å²) < 4.78 is 15.8. The number of furan rings is 1. The molecule has 0 spiro atoms. The molecule has 1 heterocycles. The lowest BCUT2D eigenvalue weighted by Gasteiger charge is -2.07. The highest BCUT2D eigenvalue weighted by molar-refractivity contribution is 5.95. The minimum absolute atomic E-state index is 0.0944. The van der Waals surface area contributed by atoms with Gasteiger partial charge in [0.05, 0.1) is 26.4 Å². The van der Waals surface area contributed by atoms with Crippen LogP contribution >= 0.6 is 0 Å². The number of ether oxygens (including phenoxy) is 2. The molecule has 0 atom stereocenters. The predicted octanol–water partition coefficient (Wildman–Crippen LogP) is 3.77. The third-order valence-corrected chi connectivity index (χ3v) is 3.74. The second-order valence-electron chi connectivity index (χ2n) is 5.48. The molecule has 0 aliphatic carbocycles. The van der Waals surface area contributed by atoms with Crippen LogP contribution in [0.25, 0.3) is 11.0 Å². The predicted molar refractivity (Wildman–Crippen MR) is 92.3 cm³/mol. The molecule has 24 heavy (non-hydrogen) atoms. The monoisotopic (exact) mass is 325 g/mol. The molecule has 1 N–H and O–H groups in total. The summed E-state index contributed by atoms with van der Waals surface area (Å²) in [5.74, 6) is 0.630. The van der Waals surface area contributed by atoms with Gasteiger partial charge in [0.25, 0.3) is 0 Å². The number of rotatable bonds is 6. The highest BCUT2D eigenvalue weighted by Gasteiger charge is 2.11. The molecule has 0 bridgehead atoms. The average Bonchev–Trinajstić information content (AvgIpc) is 2.97. The van der Waals surface area contributed by atoms with E-state index in [-0.39, 0.29) is 12.3 Å². The summed E-state index contributed by atoms with van der Waals surface area (Å²) in [7, 11) is 3.25. The summed E-state index contributed by atoms with van der Waals surface area (Å²) in [6.45, 7) is 0.512. The fourth-order valence-electron chi connectivity index (χ4n) is 2.61. The first-order valence-electron chi connectivity index (χ1n) is 7.61. The van der Waals surface area contributed by atoms with Gasteiger partial charge in [-0.25, -0.2) is 0 Å². The molecular weight excluding hydrogens is 306 g/mol. The topological polar surface area (TPSA) is 60.7 Å². The number of fused-ring (bicyclic) bond motifs is 1. The average molecular weight is 325 g/mol. The molecule has 0 unspecified atom stereocenters. The van der Waals surface area contributed by atoms with Crippen LogP contribution in [0.15, 0.2) is 53.1 Å². The molecule has 124 valence electrons. The van der Waals surface area contributed by atoms with Crippen molar-refractivity contribution in [3.8, 4) is 5.75 Å². The molecule has 3 aromatic rings. The molecule has 0 aliphatic heterocycles. The third-order valence-electron chi connectivity index (χ3n) is 3.74. The van der Waals surface area contributed by atoms with E-state index in [0.29, 0.717) is 12.2 Å². The first kappa shape index (κ1) is 16.1. The molecule has 0 saturated carbocycles. The van der Waals surface area contributed by atoms with Crippen molar-refractivity contribution in [3.05, 3.63) is 59.9 Å². The molecule has 2 aromatic carbocycles. The SMILES string of the molecule is COCc1cccc(NC(=O)Cc2coc3cc(OC)ccc23)c1. The zero-order valence-electron chi connectivity index (χ0n) is 13.7. The summed E-state index contributed by atoms with van der Waals surface area (Å²) in [4.78, 5) is 12.3. The van der Waals surface area contributed by atoms with Crippen molar-refractivity contribution >= 4 is 22.6 Å². The van der Waals surface area contributed by atoms with Gasteiger partial charge in [0.15, 0.2) is 0 Å². The third kappa shape index (κ3) is 3.58. The highest BCUT2D eigenvalue weighted by Crippen LogP contribution is 2.26. The Bertz CT molecular complexity index is 853. The Balaban J connectivity index is 1.72. The van der Waals surface area contributed by atoms with E-state index in [0.717, 1.165) is 28.0 Å². The zero-order chi connectivity index (χ0) is 16.9. The number of hydrogen-bond acceptors (Lipinski definition) is 4. The van der Waals surface area contributed by atoms with Crippen LogP contribution in [0.2, 0.25) is 0 Å². The van der Waals surface area contributed by atoms with Crippen LogP contribution in [0.3, 0.4) is 0 Å². The van der Waals surface area contributed by atoms with Gasteiger partial charge in [0.1, 0.15) is 11.3 Å². The number of carbonyl (C=O) groups excluding carboxylic acids is 1. The van der Waals surface area contributed by atoms with Crippen molar-refractivity contribution in [2.75, 3.05) is 19.5 Å². The minimum Gasteiger partial charge on any atom is -0.497 e. The minimum atomic E-state index is -0.0944. The van der Waals surface area contributed by atoms with E-state index in [1.807, 2.05) is 42.5 Å². The molecule has 3 rings (SSSR count). The van der Waals surface area contributed by atoms with Gasteiger partial charge in [-0.1, -0.05) is 12.1 Å². The van der Waals surface area contributed by atoms with Crippen LogP contribution in [0.4, 0.5) is 5.69 Å². The first-order chi connectivity index (χ1) is 11.7. The largest absolute Gasteiger partial charge is 0.497 e. The van der Waals surface area contributed by atoms with Crippen molar-refractivity contribution in [3.63, 3.8) is 0 Å². The van der Waals surface area contributed by atoms with Crippen molar-refractivity contribution < 1.29 is 18.7 Å². The lowest BCUT2D eigenvalue weighted by atomic mass is 10.1. The lowest BCUT2D eigenvalue weighted by Crippen LogP contribution is -2.14. The van der Waals surface area contributed by atoms with E-state index in [1.165, 1.54) is 0 Å². The second-order valence-corrected chi connectivity index (χ2v) is 5.48. The molecule has 0 radical (unpaired) electrons. The highest BCUT2D eigenvalue weighted by atomic mass is 16.5. The first-order valence-corrected chi connectivity index (χ1v) is 7.61. The van der Waals surface area contributed by atoms with Crippen molar-refractivity contribution in [1.82, 2.24) is 0 Å². The Labute approximate surface area is 140 Å². The van der Waals surface area contributed by atoms with Gasteiger partial charge in [-0.05, 0) is 29.8 Å². The lowest BCUT2D eigenvalue weighted by molar-refractivity contribution is -0.115. The van der Waals surface area contributed by atoms with Gasteiger partial charge >= 0.3 is 0 Å². The standard InChI is InChI=1S/C19H19NO4/c1-22-11-13-4-3-5-15(8-13)20-19(21)9-14-12-24-18-10-16(23-2)6-7-17(14)18/h3-8,10,12H,9,11H2,1-2H3,(H,20,21). The maximum atomic E-state index is 12.3. The number of anilines is 1. The van der Waals surface area contributed by atoms with Crippen LogP contribution in [-0.2, 0) is 22.6 Å². The molecule has 0 fully saturated rings. The molecule has 5 nitrogen and oxygen atoms in total. The smallest absolute Gasteiger partial charge is 0.228 e. The van der Waals surface area contributed by atoms with E-state index in [2.05, 4.69) is 5.32 Å². The van der Waals surface area contributed by atoms with Crippen LogP contribution in [-0.4, -0.2) is 20.1 Å². The fourth-order valence-corrected chi connectivity index (χ4v) is 2.61. The van der Waals surface area contributed by atoms with E-state index in [4.69, 9.17) is 13.9 Å². The Morgan fingerprint density at radius 2 is 2.04 bits per heavy atom. The van der Waals surface area contributed by atoms with Gasteiger partial charge in [0.2, 0.25) is 5.91 Å². The Kier molecular flexibility index (Phi) is 4.82. The molecule has 0 aliphatic rings. The number of amides is 1. The van der Waals surface area contributed by atoms with E-state index < -0.39 is 0 Å². The van der Waals surface area contributed by atoms with Crippen LogP contribution in [0, 0.1) is 0 Å². The van der Waals surface area contributed by atoms with E-state index in [9.17, 15) is 4.79 Å². The normalized spacial score (nSPS) is 10.8. The zero-order valence-corrected chi connectivity index (χ0v) is 13.7. The Morgan fingerprint density at radius 1 is 1.17 bits per heavy atom. The number of carbonyl (C=O) groups is 1. The van der Waals surface area contributed by atoms with Crippen LogP contribution in [0.5, 0.6) is 5.75 Å². The summed E-state index contributed by atoms with van der Waals surface area (Å²) >= 11 is 0. The molecule has 0 saturated heterocycles. The maximum absolute atomic E-state index is 12.3. The van der Waals surface area contributed by atoms with Crippen LogP contribution < -0.4 is 10.1 Å². The van der Waals surface area contributed by atoms with Gasteiger partial charge in [-0.15, -0.1) is 0 Å². The maximum Gasteiger partial charge on any atom is 0.228 e. The van der Waals surface area contributed by atoms with Gasteiger partial charge in [0, 0.05) is 29.8 Å². The fraction of sp³-hybridized carbons (Fsp3) is 0.211. The molecule has 1 amide bonds. The number of benzene rings is 2. The number of hydrogen-bond donors (Lipinski definition) is 1. The second kappa shape index (κ2) is 7.19. The molecule has 1 aromatic heterocycles. The van der Waals surface area contributed by atoms with Gasteiger partial charge in [-0.3, -0.25) is 4.79 Å². The van der Waals surface area contributed by atoms with Crippen molar-refractivity contribution in [2.45, 2.75) is 13.0 Å². The van der Waals surface area contributed by atoms with E-state index >= 15 is 0 Å². The van der Waals surface area contributed by atoms with E-state index in [1.54, 1.807) is 20.5 Å². The van der Waals surface area contributed by atoms with Crippen molar-refractivity contribution in [2.24, 2.45) is 0 Å². The summed E-state index contributed by atoms with van der Waals surface area (Å²) in [5.41, 5.74) is 3.32. The summed E-state index contributed by atoms with van der Waals surface area (Å²) in [5, 5.41) is 3.82. The van der Waals surface area contributed by atoms with Crippen LogP contribution in [0.1, 0.15) is 11.1 Å². The molecule has 5 heteroatoms. The van der Waals surface area contributed by atoms with Gasteiger partial charge < -0.3 is 19.2 Å². The number of methoxy groups -OCH3 is 2. The Morgan fingerprint density at radius 3 is 2.83 bits per heavy atom. The summed E-state index contributed by atoms with van der Waals surface area (Å²) in [6, 6.07) is 13.2. The Hall–Kier alpha value is -2.79. The quantitative estimate of drug-likeness (QED) is 0.749.